The van der Waals surface area contributed by atoms with Crippen molar-refractivity contribution in [2.24, 2.45) is 5.92 Å². The van der Waals surface area contributed by atoms with Gasteiger partial charge in [-0.25, -0.2) is 9.50 Å². The summed E-state index contributed by atoms with van der Waals surface area (Å²) in [6.07, 6.45) is -1.22. The standard InChI is InChI=1S/C32H32F3N7O3/c1-19-3-4-23(15-26(19)27-7-8-29-37-28(18-42(29)39-27)38-30(44)22-5-6-22)31(45)36-25-14-21(13-24(16-25)32(33,34)35)17-40-9-11-41(12-10-40)20(2)43/h3-4,7-8,13-16,18,22H,5-6,9-12,17H2,1-2H3,(H,36,45)(H,38,44). The second kappa shape index (κ2) is 12.0. The third-order valence-corrected chi connectivity index (χ3v) is 8.10. The van der Waals surface area contributed by atoms with Gasteiger partial charge in [0.1, 0.15) is 0 Å². The van der Waals surface area contributed by atoms with Crippen molar-refractivity contribution in [3.8, 4) is 11.3 Å². The second-order valence-corrected chi connectivity index (χ2v) is 11.6. The van der Waals surface area contributed by atoms with E-state index >= 15 is 0 Å². The smallest absolute Gasteiger partial charge is 0.340 e. The summed E-state index contributed by atoms with van der Waals surface area (Å²) < 4.78 is 43.0. The molecule has 0 spiro atoms. The van der Waals surface area contributed by atoms with Crippen LogP contribution in [0.4, 0.5) is 24.7 Å². The first kappa shape index (κ1) is 30.3. The van der Waals surface area contributed by atoms with Crippen LogP contribution in [-0.2, 0) is 22.3 Å². The van der Waals surface area contributed by atoms with Crippen molar-refractivity contribution in [2.45, 2.75) is 39.4 Å². The van der Waals surface area contributed by atoms with E-state index in [2.05, 4.69) is 20.7 Å². The summed E-state index contributed by atoms with van der Waals surface area (Å²) in [6.45, 7) is 5.72. The number of rotatable bonds is 7. The van der Waals surface area contributed by atoms with Crippen LogP contribution < -0.4 is 10.6 Å². The van der Waals surface area contributed by atoms with Crippen molar-refractivity contribution < 1.29 is 27.6 Å². The molecule has 1 aliphatic carbocycles. The summed E-state index contributed by atoms with van der Waals surface area (Å²) in [7, 11) is 0. The van der Waals surface area contributed by atoms with Crippen molar-refractivity contribution >= 4 is 34.9 Å². The zero-order chi connectivity index (χ0) is 31.9. The van der Waals surface area contributed by atoms with E-state index < -0.39 is 17.6 Å². The first-order valence-corrected chi connectivity index (χ1v) is 14.7. The number of fused-ring (bicyclic) bond motifs is 1. The average Bonchev–Trinajstić information content (AvgIpc) is 3.77. The zero-order valence-corrected chi connectivity index (χ0v) is 24.8. The third-order valence-electron chi connectivity index (χ3n) is 8.10. The molecular weight excluding hydrogens is 587 g/mol. The van der Waals surface area contributed by atoms with E-state index in [9.17, 15) is 27.6 Å². The molecule has 3 amide bonds. The summed E-state index contributed by atoms with van der Waals surface area (Å²) in [4.78, 5) is 45.2. The number of hydrogen-bond donors (Lipinski definition) is 2. The molecule has 4 aromatic rings. The van der Waals surface area contributed by atoms with Crippen LogP contribution in [0.3, 0.4) is 0 Å². The fourth-order valence-electron chi connectivity index (χ4n) is 5.40. The Labute approximate surface area is 257 Å². The van der Waals surface area contributed by atoms with E-state index in [0.29, 0.717) is 54.5 Å². The van der Waals surface area contributed by atoms with Gasteiger partial charge in [0.2, 0.25) is 11.8 Å². The predicted octanol–water partition coefficient (Wildman–Crippen LogP) is 4.99. The van der Waals surface area contributed by atoms with Gasteiger partial charge >= 0.3 is 6.18 Å². The van der Waals surface area contributed by atoms with Gasteiger partial charge in [0, 0.05) is 62.4 Å². The molecule has 1 saturated carbocycles. The van der Waals surface area contributed by atoms with Gasteiger partial charge in [-0.3, -0.25) is 19.3 Å². The van der Waals surface area contributed by atoms with E-state index in [1.807, 2.05) is 11.8 Å². The highest BCUT2D eigenvalue weighted by Crippen LogP contribution is 2.33. The number of carbonyl (C=O) groups excluding carboxylic acids is 3. The average molecular weight is 620 g/mol. The van der Waals surface area contributed by atoms with E-state index in [-0.39, 0.29) is 35.5 Å². The zero-order valence-electron chi connectivity index (χ0n) is 24.8. The number of amides is 3. The molecule has 0 unspecified atom stereocenters. The number of hydrogen-bond acceptors (Lipinski definition) is 6. The Bertz CT molecular complexity index is 1790. The van der Waals surface area contributed by atoms with Gasteiger partial charge in [-0.1, -0.05) is 6.07 Å². The first-order chi connectivity index (χ1) is 21.4. The number of benzene rings is 2. The Morgan fingerprint density at radius 1 is 0.956 bits per heavy atom. The van der Waals surface area contributed by atoms with Gasteiger partial charge < -0.3 is 15.5 Å². The molecule has 45 heavy (non-hydrogen) atoms. The number of aryl methyl sites for hydroxylation is 1. The molecule has 3 heterocycles. The molecule has 2 N–H and O–H groups in total. The minimum atomic E-state index is -4.60. The molecule has 10 nitrogen and oxygen atoms in total. The molecule has 13 heteroatoms. The van der Waals surface area contributed by atoms with Crippen molar-refractivity contribution in [1.82, 2.24) is 24.4 Å². The first-order valence-electron chi connectivity index (χ1n) is 14.7. The molecule has 234 valence electrons. The minimum absolute atomic E-state index is 0.0284. The van der Waals surface area contributed by atoms with Crippen LogP contribution in [0.1, 0.15) is 46.8 Å². The number of carbonyl (C=O) groups is 3. The maximum atomic E-state index is 13.8. The molecule has 0 atom stereocenters. The maximum Gasteiger partial charge on any atom is 0.416 e. The molecule has 6 rings (SSSR count). The van der Waals surface area contributed by atoms with Crippen LogP contribution in [0.25, 0.3) is 16.9 Å². The number of aromatic nitrogens is 3. The van der Waals surface area contributed by atoms with Crippen molar-refractivity contribution in [3.05, 3.63) is 77.0 Å². The predicted molar refractivity (Wildman–Crippen MR) is 161 cm³/mol. The molecule has 2 aromatic heterocycles. The molecule has 1 aliphatic heterocycles. The second-order valence-electron chi connectivity index (χ2n) is 11.6. The highest BCUT2D eigenvalue weighted by molar-refractivity contribution is 6.05. The number of nitrogens with one attached hydrogen (secondary N) is 2. The van der Waals surface area contributed by atoms with Gasteiger partial charge in [0.05, 0.1) is 17.5 Å². The molecule has 2 fully saturated rings. The van der Waals surface area contributed by atoms with Gasteiger partial charge in [-0.15, -0.1) is 0 Å². The number of nitrogens with zero attached hydrogens (tertiary/aromatic N) is 5. The Morgan fingerprint density at radius 3 is 2.40 bits per heavy atom. The maximum absolute atomic E-state index is 13.8. The van der Waals surface area contributed by atoms with Crippen molar-refractivity contribution in [1.29, 1.82) is 0 Å². The number of imidazole rings is 1. The Kier molecular flexibility index (Phi) is 8.04. The van der Waals surface area contributed by atoms with Crippen molar-refractivity contribution in [3.63, 3.8) is 0 Å². The third kappa shape index (κ3) is 6.98. The molecule has 2 aliphatic rings. The van der Waals surface area contributed by atoms with E-state index in [0.717, 1.165) is 30.5 Å². The Morgan fingerprint density at radius 2 is 1.71 bits per heavy atom. The molecule has 2 aromatic carbocycles. The van der Waals surface area contributed by atoms with E-state index in [1.165, 1.54) is 6.92 Å². The SMILES string of the molecule is CC(=O)N1CCN(Cc2cc(NC(=O)c3ccc(C)c(-c4ccc5nc(NC(=O)C6CC6)cn5n4)c3)cc(C(F)(F)F)c2)CC1. The minimum Gasteiger partial charge on any atom is -0.340 e. The largest absolute Gasteiger partial charge is 0.416 e. The van der Waals surface area contributed by atoms with Crippen LogP contribution in [-0.4, -0.2) is 68.3 Å². The lowest BCUT2D eigenvalue weighted by molar-refractivity contribution is -0.137. The molecule has 0 radical (unpaired) electrons. The number of anilines is 2. The molecular formula is C32H32F3N7O3. The topological polar surface area (TPSA) is 112 Å². The van der Waals surface area contributed by atoms with E-state index in [4.69, 9.17) is 0 Å². The fourth-order valence-corrected chi connectivity index (χ4v) is 5.40. The van der Waals surface area contributed by atoms with E-state index in [1.54, 1.807) is 52.0 Å². The van der Waals surface area contributed by atoms with Gasteiger partial charge in [0.15, 0.2) is 11.5 Å². The summed E-state index contributed by atoms with van der Waals surface area (Å²) in [5.74, 6) is -0.217. The van der Waals surface area contributed by atoms with Gasteiger partial charge in [0.25, 0.3) is 5.91 Å². The quantitative estimate of drug-likeness (QED) is 0.302. The van der Waals surface area contributed by atoms with Gasteiger partial charge in [-0.2, -0.15) is 18.3 Å². The fraction of sp³-hybridized carbons (Fsp3) is 0.344. The van der Waals surface area contributed by atoms with Crippen LogP contribution in [0.5, 0.6) is 0 Å². The lowest BCUT2D eigenvalue weighted by Crippen LogP contribution is -2.47. The summed E-state index contributed by atoms with van der Waals surface area (Å²) in [5.41, 5.74) is 2.44. The highest BCUT2D eigenvalue weighted by Gasteiger charge is 2.32. The van der Waals surface area contributed by atoms with Gasteiger partial charge in [-0.05, 0) is 73.4 Å². The normalized spacial score (nSPS) is 15.7. The molecule has 1 saturated heterocycles. The van der Waals surface area contributed by atoms with Crippen LogP contribution in [0, 0.1) is 12.8 Å². The number of alkyl halides is 3. The van der Waals surface area contributed by atoms with Crippen LogP contribution in [0.15, 0.2) is 54.7 Å². The summed E-state index contributed by atoms with van der Waals surface area (Å²) in [6, 6.07) is 12.1. The molecule has 0 bridgehead atoms. The summed E-state index contributed by atoms with van der Waals surface area (Å²) in [5, 5.41) is 10.1. The van der Waals surface area contributed by atoms with Crippen LogP contribution >= 0.6 is 0 Å². The number of halogens is 3. The van der Waals surface area contributed by atoms with Crippen LogP contribution in [0.2, 0.25) is 0 Å². The monoisotopic (exact) mass is 619 g/mol. The highest BCUT2D eigenvalue weighted by atomic mass is 19.4. The lowest BCUT2D eigenvalue weighted by Gasteiger charge is -2.34. The Hall–Kier alpha value is -4.78. The van der Waals surface area contributed by atoms with Crippen molar-refractivity contribution in [2.75, 3.05) is 36.8 Å². The number of piperazine rings is 1. The lowest BCUT2D eigenvalue weighted by atomic mass is 10.0. The Balaban J connectivity index is 1.21. The summed E-state index contributed by atoms with van der Waals surface area (Å²) >= 11 is 0.